The second-order valence-electron chi connectivity index (χ2n) is 4.44. The molecule has 0 fully saturated rings. The molecule has 0 radical (unpaired) electrons. The normalized spacial score (nSPS) is 12.7. The van der Waals surface area contributed by atoms with Gasteiger partial charge in [0.1, 0.15) is 0 Å². The topological polar surface area (TPSA) is 24.9 Å². The van der Waals surface area contributed by atoms with Crippen LogP contribution < -0.4 is 5.32 Å². The van der Waals surface area contributed by atoms with Gasteiger partial charge in [0.15, 0.2) is 0 Å². The van der Waals surface area contributed by atoms with Crippen molar-refractivity contribution >= 4 is 0 Å². The molecule has 110 valence electrons. The Kier molecular flexibility index (Phi) is 6.53. The second kappa shape index (κ2) is 7.91. The van der Waals surface area contributed by atoms with Gasteiger partial charge in [-0.2, -0.15) is 13.2 Å². The molecule has 1 aromatic heterocycles. The van der Waals surface area contributed by atoms with E-state index in [4.69, 9.17) is 0 Å². The summed E-state index contributed by atoms with van der Waals surface area (Å²) in [5.74, 6) is 5.78. The molecule has 20 heavy (non-hydrogen) atoms. The van der Waals surface area contributed by atoms with Crippen LogP contribution in [0.1, 0.15) is 50.4 Å². The average Bonchev–Trinajstić information content (AvgIpc) is 2.42. The quantitative estimate of drug-likeness (QED) is 0.800. The highest BCUT2D eigenvalue weighted by atomic mass is 19.4. The smallest absolute Gasteiger partial charge is 0.309 e. The minimum absolute atomic E-state index is 0.0573. The van der Waals surface area contributed by atoms with Crippen LogP contribution in [-0.2, 0) is 6.18 Å². The van der Waals surface area contributed by atoms with Crippen LogP contribution in [0.3, 0.4) is 0 Å². The van der Waals surface area contributed by atoms with Gasteiger partial charge in [0, 0.05) is 12.6 Å². The molecule has 0 saturated carbocycles. The number of hydrogen-bond acceptors (Lipinski definition) is 2. The number of halogens is 3. The third-order valence-electron chi connectivity index (χ3n) is 2.85. The van der Waals surface area contributed by atoms with Gasteiger partial charge in [-0.15, -0.1) is 11.8 Å². The van der Waals surface area contributed by atoms with E-state index in [1.165, 1.54) is 6.07 Å². The van der Waals surface area contributed by atoms with Gasteiger partial charge >= 0.3 is 6.18 Å². The number of pyridine rings is 1. The molecule has 2 nitrogen and oxygen atoms in total. The van der Waals surface area contributed by atoms with Gasteiger partial charge in [0.2, 0.25) is 0 Å². The fourth-order valence-electron chi connectivity index (χ4n) is 1.79. The van der Waals surface area contributed by atoms with Gasteiger partial charge in [-0.05, 0) is 38.4 Å². The van der Waals surface area contributed by atoms with Crippen molar-refractivity contribution in [3.63, 3.8) is 0 Å². The Morgan fingerprint density at radius 3 is 2.60 bits per heavy atom. The summed E-state index contributed by atoms with van der Waals surface area (Å²) in [6.45, 7) is 4.61. The van der Waals surface area contributed by atoms with E-state index in [0.29, 0.717) is 12.1 Å². The van der Waals surface area contributed by atoms with E-state index in [1.54, 1.807) is 6.92 Å². The molecular weight excluding hydrogens is 265 g/mol. The van der Waals surface area contributed by atoms with E-state index in [9.17, 15) is 13.2 Å². The summed E-state index contributed by atoms with van der Waals surface area (Å²) in [5.41, 5.74) is -0.0896. The monoisotopic (exact) mass is 284 g/mol. The van der Waals surface area contributed by atoms with Crippen LogP contribution in [0.5, 0.6) is 0 Å². The largest absolute Gasteiger partial charge is 0.417 e. The summed E-state index contributed by atoms with van der Waals surface area (Å²) < 4.78 is 37.5. The fraction of sp³-hybridized carbons (Fsp3) is 0.533. The van der Waals surface area contributed by atoms with E-state index in [1.807, 2.05) is 6.92 Å². The van der Waals surface area contributed by atoms with Gasteiger partial charge in [-0.3, -0.25) is 4.98 Å². The Morgan fingerprint density at radius 2 is 2.10 bits per heavy atom. The van der Waals surface area contributed by atoms with Gasteiger partial charge in [-0.1, -0.05) is 6.92 Å². The molecule has 1 N–H and O–H groups in total. The van der Waals surface area contributed by atoms with E-state index < -0.39 is 11.7 Å². The Hall–Kier alpha value is -1.54. The molecule has 1 aromatic rings. The first-order valence-corrected chi connectivity index (χ1v) is 6.65. The third kappa shape index (κ3) is 5.22. The first kappa shape index (κ1) is 16.5. The maximum atomic E-state index is 12.5. The van der Waals surface area contributed by atoms with Crippen molar-refractivity contribution < 1.29 is 13.2 Å². The Morgan fingerprint density at radius 1 is 1.35 bits per heavy atom. The number of nitrogens with one attached hydrogen (secondary N) is 1. The molecule has 1 unspecified atom stereocenters. The van der Waals surface area contributed by atoms with Gasteiger partial charge in [-0.25, -0.2) is 0 Å². The summed E-state index contributed by atoms with van der Waals surface area (Å²) in [6.07, 6.45) is -1.07. The summed E-state index contributed by atoms with van der Waals surface area (Å²) in [6, 6.07) is 2.46. The number of rotatable bonds is 6. The Labute approximate surface area is 117 Å². The van der Waals surface area contributed by atoms with E-state index in [0.717, 1.165) is 31.6 Å². The molecule has 0 aliphatic rings. The van der Waals surface area contributed by atoms with Crippen molar-refractivity contribution in [2.45, 2.75) is 45.3 Å². The van der Waals surface area contributed by atoms with Crippen LogP contribution >= 0.6 is 0 Å². The van der Waals surface area contributed by atoms with E-state index in [-0.39, 0.29) is 6.04 Å². The van der Waals surface area contributed by atoms with Crippen LogP contribution in [0, 0.1) is 11.8 Å². The molecule has 1 atom stereocenters. The minimum Gasteiger partial charge on any atom is -0.309 e. The predicted octanol–water partition coefficient (Wildman–Crippen LogP) is 3.94. The van der Waals surface area contributed by atoms with Crippen molar-refractivity contribution in [3.05, 3.63) is 29.6 Å². The van der Waals surface area contributed by atoms with Crippen LogP contribution in [-0.4, -0.2) is 11.5 Å². The van der Waals surface area contributed by atoms with Crippen molar-refractivity contribution in [3.8, 4) is 11.8 Å². The van der Waals surface area contributed by atoms with Gasteiger partial charge in [0.05, 0.1) is 17.3 Å². The number of hydrogen-bond donors (Lipinski definition) is 1. The SMILES string of the molecule is CC#CCCC(NCCC)c1ccc(C(F)(F)F)cn1. The molecular formula is C15H19F3N2. The van der Waals surface area contributed by atoms with Crippen LogP contribution in [0.25, 0.3) is 0 Å². The van der Waals surface area contributed by atoms with E-state index in [2.05, 4.69) is 22.1 Å². The highest BCUT2D eigenvalue weighted by molar-refractivity contribution is 5.19. The zero-order valence-corrected chi connectivity index (χ0v) is 11.7. The predicted molar refractivity (Wildman–Crippen MR) is 73.0 cm³/mol. The lowest BCUT2D eigenvalue weighted by atomic mass is 10.1. The lowest BCUT2D eigenvalue weighted by molar-refractivity contribution is -0.137. The van der Waals surface area contributed by atoms with Crippen molar-refractivity contribution in [1.82, 2.24) is 10.3 Å². The second-order valence-corrected chi connectivity index (χ2v) is 4.44. The van der Waals surface area contributed by atoms with Crippen molar-refractivity contribution in [2.24, 2.45) is 0 Å². The summed E-state index contributed by atoms with van der Waals surface area (Å²) in [5, 5.41) is 3.29. The lowest BCUT2D eigenvalue weighted by Gasteiger charge is -2.17. The van der Waals surface area contributed by atoms with Crippen LogP contribution in [0.4, 0.5) is 13.2 Å². The molecule has 5 heteroatoms. The number of nitrogens with zero attached hydrogens (tertiary/aromatic N) is 1. The lowest BCUT2D eigenvalue weighted by Crippen LogP contribution is -2.23. The van der Waals surface area contributed by atoms with Crippen molar-refractivity contribution in [1.29, 1.82) is 0 Å². The van der Waals surface area contributed by atoms with Crippen LogP contribution in [0.15, 0.2) is 18.3 Å². The molecule has 1 rings (SSSR count). The molecule has 0 aliphatic heterocycles. The maximum Gasteiger partial charge on any atom is 0.417 e. The summed E-state index contributed by atoms with van der Waals surface area (Å²) in [7, 11) is 0. The average molecular weight is 284 g/mol. The number of alkyl halides is 3. The minimum atomic E-state index is -4.34. The molecule has 0 saturated heterocycles. The molecule has 1 heterocycles. The van der Waals surface area contributed by atoms with Gasteiger partial charge < -0.3 is 5.32 Å². The fourth-order valence-corrected chi connectivity index (χ4v) is 1.79. The molecule has 0 amide bonds. The number of aromatic nitrogens is 1. The molecule has 0 aliphatic carbocycles. The van der Waals surface area contributed by atoms with E-state index >= 15 is 0 Å². The first-order valence-electron chi connectivity index (χ1n) is 6.65. The third-order valence-corrected chi connectivity index (χ3v) is 2.85. The highest BCUT2D eigenvalue weighted by Gasteiger charge is 2.30. The molecule has 0 spiro atoms. The van der Waals surface area contributed by atoms with Crippen molar-refractivity contribution in [2.75, 3.05) is 6.54 Å². The summed E-state index contributed by atoms with van der Waals surface area (Å²) >= 11 is 0. The zero-order valence-electron chi connectivity index (χ0n) is 11.7. The maximum absolute atomic E-state index is 12.5. The zero-order chi connectivity index (χ0) is 15.0. The molecule has 0 bridgehead atoms. The Bertz CT molecular complexity index is 455. The standard InChI is InChI=1S/C15H19F3N2/c1-3-5-6-7-13(19-10-4-2)14-9-8-12(11-20-14)15(16,17)18/h8-9,11,13,19H,4,6-7,10H2,1-2H3. The summed E-state index contributed by atoms with van der Waals surface area (Å²) in [4.78, 5) is 3.95. The van der Waals surface area contributed by atoms with Gasteiger partial charge in [0.25, 0.3) is 0 Å². The first-order chi connectivity index (χ1) is 9.49. The van der Waals surface area contributed by atoms with Crippen LogP contribution in [0.2, 0.25) is 0 Å². The Balaban J connectivity index is 2.80. The highest BCUT2D eigenvalue weighted by Crippen LogP contribution is 2.29. The molecule has 0 aromatic carbocycles.